The van der Waals surface area contributed by atoms with Gasteiger partial charge in [0.05, 0.1) is 5.00 Å². The first-order valence-electron chi connectivity index (χ1n) is 8.24. The molecule has 0 bridgehead atoms. The van der Waals surface area contributed by atoms with Crippen LogP contribution in [0, 0.1) is 5.92 Å². The average molecular weight is 332 g/mol. The number of anilines is 1. The number of likely N-dealkylation sites (tertiary alicyclic amines) is 1. The summed E-state index contributed by atoms with van der Waals surface area (Å²) in [4.78, 5) is 18.6. The lowest BCUT2D eigenvalue weighted by Crippen LogP contribution is -2.41. The SMILES string of the molecule is CC(C)c1nccn1CC1CCN(C(=O)Nc2cccs2)CC1. The number of piperidine rings is 1. The van der Waals surface area contributed by atoms with Gasteiger partial charge < -0.3 is 9.47 Å². The number of nitrogens with zero attached hydrogens (tertiary/aromatic N) is 3. The van der Waals surface area contributed by atoms with Gasteiger partial charge in [-0.3, -0.25) is 5.32 Å². The molecule has 0 atom stereocenters. The number of rotatable bonds is 4. The van der Waals surface area contributed by atoms with E-state index < -0.39 is 0 Å². The van der Waals surface area contributed by atoms with Gasteiger partial charge in [0, 0.05) is 37.9 Å². The number of thiophene rings is 1. The second-order valence-corrected chi connectivity index (χ2v) is 7.38. The van der Waals surface area contributed by atoms with Gasteiger partial charge in [-0.25, -0.2) is 9.78 Å². The maximum Gasteiger partial charge on any atom is 0.322 e. The van der Waals surface area contributed by atoms with E-state index in [1.54, 1.807) is 11.3 Å². The predicted molar refractivity (Wildman–Crippen MR) is 94.0 cm³/mol. The van der Waals surface area contributed by atoms with E-state index in [4.69, 9.17) is 0 Å². The van der Waals surface area contributed by atoms with Crippen LogP contribution in [0.5, 0.6) is 0 Å². The molecule has 0 spiro atoms. The molecule has 1 fully saturated rings. The van der Waals surface area contributed by atoms with Crippen molar-refractivity contribution in [2.75, 3.05) is 18.4 Å². The van der Waals surface area contributed by atoms with E-state index in [2.05, 4.69) is 34.9 Å². The summed E-state index contributed by atoms with van der Waals surface area (Å²) in [6.45, 7) is 7.02. The van der Waals surface area contributed by atoms with Crippen molar-refractivity contribution in [1.29, 1.82) is 0 Å². The Morgan fingerprint density at radius 3 is 2.87 bits per heavy atom. The van der Waals surface area contributed by atoms with Crippen molar-refractivity contribution in [3.8, 4) is 0 Å². The molecular weight excluding hydrogens is 308 g/mol. The highest BCUT2D eigenvalue weighted by atomic mass is 32.1. The first-order valence-corrected chi connectivity index (χ1v) is 9.12. The summed E-state index contributed by atoms with van der Waals surface area (Å²) >= 11 is 1.55. The summed E-state index contributed by atoms with van der Waals surface area (Å²) in [7, 11) is 0. The van der Waals surface area contributed by atoms with Crippen LogP contribution in [0.15, 0.2) is 29.9 Å². The van der Waals surface area contributed by atoms with E-state index in [-0.39, 0.29) is 6.03 Å². The average Bonchev–Trinajstić information content (AvgIpc) is 3.19. The lowest BCUT2D eigenvalue weighted by molar-refractivity contribution is 0.176. The number of urea groups is 1. The van der Waals surface area contributed by atoms with E-state index in [0.29, 0.717) is 11.8 Å². The summed E-state index contributed by atoms with van der Waals surface area (Å²) in [6.07, 6.45) is 6.06. The topological polar surface area (TPSA) is 50.2 Å². The Bertz CT molecular complexity index is 627. The van der Waals surface area contributed by atoms with Crippen molar-refractivity contribution >= 4 is 22.4 Å². The zero-order chi connectivity index (χ0) is 16.2. The molecule has 2 aromatic heterocycles. The van der Waals surface area contributed by atoms with Crippen molar-refractivity contribution in [2.24, 2.45) is 5.92 Å². The number of amides is 2. The lowest BCUT2D eigenvalue weighted by Gasteiger charge is -2.32. The van der Waals surface area contributed by atoms with E-state index in [1.807, 2.05) is 28.6 Å². The molecule has 1 aliphatic rings. The predicted octanol–water partition coefficient (Wildman–Crippen LogP) is 4.01. The zero-order valence-electron chi connectivity index (χ0n) is 13.7. The molecule has 23 heavy (non-hydrogen) atoms. The molecule has 0 radical (unpaired) electrons. The van der Waals surface area contributed by atoms with Crippen LogP contribution in [0.2, 0.25) is 0 Å². The summed E-state index contributed by atoms with van der Waals surface area (Å²) in [5, 5.41) is 5.85. The van der Waals surface area contributed by atoms with Crippen LogP contribution in [-0.4, -0.2) is 33.6 Å². The Hall–Kier alpha value is -1.82. The highest BCUT2D eigenvalue weighted by molar-refractivity contribution is 7.14. The van der Waals surface area contributed by atoms with Gasteiger partial charge in [-0.05, 0) is 36.3 Å². The minimum Gasteiger partial charge on any atom is -0.334 e. The van der Waals surface area contributed by atoms with Crippen LogP contribution in [0.25, 0.3) is 0 Å². The fourth-order valence-corrected chi connectivity index (χ4v) is 3.71. The quantitative estimate of drug-likeness (QED) is 0.919. The van der Waals surface area contributed by atoms with Crippen molar-refractivity contribution in [1.82, 2.24) is 14.5 Å². The first kappa shape index (κ1) is 16.1. The van der Waals surface area contributed by atoms with Gasteiger partial charge in [0.15, 0.2) is 0 Å². The molecule has 1 saturated heterocycles. The number of carbonyl (C=O) groups is 1. The summed E-state index contributed by atoms with van der Waals surface area (Å²) in [5.74, 6) is 2.22. The molecule has 1 aliphatic heterocycles. The second kappa shape index (κ2) is 7.17. The number of hydrogen-bond donors (Lipinski definition) is 1. The van der Waals surface area contributed by atoms with Gasteiger partial charge >= 0.3 is 6.03 Å². The molecule has 3 heterocycles. The third-order valence-electron chi connectivity index (χ3n) is 4.37. The standard InChI is InChI=1S/C17H24N4OS/c1-13(2)16-18-7-10-21(16)12-14-5-8-20(9-6-14)17(22)19-15-4-3-11-23-15/h3-4,7,10-11,13-14H,5-6,8-9,12H2,1-2H3,(H,19,22). The van der Waals surface area contributed by atoms with Crippen molar-refractivity contribution in [3.63, 3.8) is 0 Å². The highest BCUT2D eigenvalue weighted by Gasteiger charge is 2.24. The lowest BCUT2D eigenvalue weighted by atomic mass is 9.96. The van der Waals surface area contributed by atoms with Crippen molar-refractivity contribution < 1.29 is 4.79 Å². The highest BCUT2D eigenvalue weighted by Crippen LogP contribution is 2.23. The van der Waals surface area contributed by atoms with Crippen LogP contribution >= 0.6 is 11.3 Å². The third kappa shape index (κ3) is 3.93. The Balaban J connectivity index is 1.50. The maximum absolute atomic E-state index is 12.2. The van der Waals surface area contributed by atoms with Gasteiger partial charge in [-0.15, -0.1) is 11.3 Å². The summed E-state index contributed by atoms with van der Waals surface area (Å²) in [5.41, 5.74) is 0. The second-order valence-electron chi connectivity index (χ2n) is 6.43. The minimum absolute atomic E-state index is 0.0244. The van der Waals surface area contributed by atoms with Gasteiger partial charge in [-0.2, -0.15) is 0 Å². The van der Waals surface area contributed by atoms with Crippen LogP contribution in [0.1, 0.15) is 38.4 Å². The monoisotopic (exact) mass is 332 g/mol. The van der Waals surface area contributed by atoms with E-state index in [1.165, 1.54) is 0 Å². The molecular formula is C17H24N4OS. The van der Waals surface area contributed by atoms with E-state index >= 15 is 0 Å². The molecule has 0 aromatic carbocycles. The molecule has 0 unspecified atom stereocenters. The van der Waals surface area contributed by atoms with Crippen molar-refractivity contribution in [2.45, 2.75) is 39.2 Å². The first-order chi connectivity index (χ1) is 11.1. The minimum atomic E-state index is 0.0244. The molecule has 6 heteroatoms. The molecule has 2 amide bonds. The molecule has 0 saturated carbocycles. The van der Waals surface area contributed by atoms with Crippen molar-refractivity contribution in [3.05, 3.63) is 35.7 Å². The van der Waals surface area contributed by atoms with Gasteiger partial charge in [0.1, 0.15) is 5.82 Å². The molecule has 0 aliphatic carbocycles. The Morgan fingerprint density at radius 1 is 1.43 bits per heavy atom. The smallest absolute Gasteiger partial charge is 0.322 e. The fraction of sp³-hybridized carbons (Fsp3) is 0.529. The van der Waals surface area contributed by atoms with Gasteiger partial charge in [0.2, 0.25) is 0 Å². The normalized spacial score (nSPS) is 16.0. The summed E-state index contributed by atoms with van der Waals surface area (Å²) < 4.78 is 2.27. The molecule has 2 aromatic rings. The number of nitrogens with one attached hydrogen (secondary N) is 1. The van der Waals surface area contributed by atoms with Crippen LogP contribution in [0.3, 0.4) is 0 Å². The Morgan fingerprint density at radius 2 is 2.22 bits per heavy atom. The van der Waals surface area contributed by atoms with E-state index in [0.717, 1.165) is 43.3 Å². The molecule has 3 rings (SSSR count). The van der Waals surface area contributed by atoms with Crippen LogP contribution in [0.4, 0.5) is 9.80 Å². The molecule has 124 valence electrons. The van der Waals surface area contributed by atoms with Crippen LogP contribution in [-0.2, 0) is 6.54 Å². The maximum atomic E-state index is 12.2. The largest absolute Gasteiger partial charge is 0.334 e. The van der Waals surface area contributed by atoms with Crippen LogP contribution < -0.4 is 5.32 Å². The fourth-order valence-electron chi connectivity index (χ4n) is 3.11. The van der Waals surface area contributed by atoms with Gasteiger partial charge in [0.25, 0.3) is 0 Å². The molecule has 1 N–H and O–H groups in total. The molecule has 5 nitrogen and oxygen atoms in total. The van der Waals surface area contributed by atoms with E-state index in [9.17, 15) is 4.79 Å². The number of imidazole rings is 1. The number of carbonyl (C=O) groups excluding carboxylic acids is 1. The Kier molecular flexibility index (Phi) is 5.00. The zero-order valence-corrected chi connectivity index (χ0v) is 14.6. The number of hydrogen-bond acceptors (Lipinski definition) is 3. The third-order valence-corrected chi connectivity index (χ3v) is 5.16. The Labute approximate surface area is 141 Å². The summed E-state index contributed by atoms with van der Waals surface area (Å²) in [6, 6.07) is 3.91. The van der Waals surface area contributed by atoms with Gasteiger partial charge in [-0.1, -0.05) is 13.8 Å². The number of aromatic nitrogens is 2.